The van der Waals surface area contributed by atoms with Gasteiger partial charge < -0.3 is 92.9 Å². The van der Waals surface area contributed by atoms with Crippen molar-refractivity contribution < 1.29 is 46.3 Å². The minimum Gasteiger partial charge on any atom is -0.496 e. The molecule has 0 aliphatic carbocycles. The Hall–Kier alpha value is -13.5. The highest BCUT2D eigenvalue weighted by Crippen LogP contribution is 2.43. The summed E-state index contributed by atoms with van der Waals surface area (Å²) in [6, 6.07) is 40.4. The van der Waals surface area contributed by atoms with E-state index in [9.17, 15) is 13.2 Å². The van der Waals surface area contributed by atoms with Crippen LogP contribution >= 0.6 is 0 Å². The Balaban J connectivity index is 0.000000152. The first-order valence-corrected chi connectivity index (χ1v) is 32.8. The zero-order valence-electron chi connectivity index (χ0n) is 58.9. The highest BCUT2D eigenvalue weighted by Gasteiger charge is 2.36. The molecule has 13 rings (SSSR count). The van der Waals surface area contributed by atoms with Crippen LogP contribution in [0.1, 0.15) is 25.8 Å². The number of nitrogen functional groups attached to an aromatic ring is 5. The predicted octanol–water partition coefficient (Wildman–Crippen LogP) is 9.54. The fourth-order valence-corrected chi connectivity index (χ4v) is 10.3. The van der Waals surface area contributed by atoms with Gasteiger partial charge in [-0.15, -0.1) is 20.4 Å². The molecule has 1 aliphatic heterocycles. The van der Waals surface area contributed by atoms with E-state index in [0.717, 1.165) is 88.7 Å². The molecule has 0 radical (unpaired) electrons. The molecule has 1 saturated heterocycles. The van der Waals surface area contributed by atoms with Gasteiger partial charge in [0.15, 0.2) is 34.8 Å². The lowest BCUT2D eigenvalue weighted by atomic mass is 10.1. The summed E-state index contributed by atoms with van der Waals surface area (Å²) in [5.41, 5.74) is 32.4. The minimum atomic E-state index is -4.62. The van der Waals surface area contributed by atoms with Gasteiger partial charge in [-0.2, -0.15) is 51.8 Å². The third-order valence-corrected chi connectivity index (χ3v) is 15.5. The van der Waals surface area contributed by atoms with Crippen LogP contribution in [0.4, 0.5) is 94.9 Å². The van der Waals surface area contributed by atoms with Crippen molar-refractivity contribution >= 4 is 81.7 Å². The second kappa shape index (κ2) is 35.9. The molecular formula is C69H80F3N27O7. The average molecular weight is 1460 g/mol. The second-order valence-corrected chi connectivity index (χ2v) is 22.4. The molecule has 34 nitrogen and oxygen atoms in total. The standard InChI is InChI=1S/C21H29N7O2.C18H21N7O2.C16H15F3N6O2.C14H15N7O/c1-4-27(5-2)13-8-14-30-17-11-10-16(15-18(17)29-3)24-21-25-20(22)28(26-21)19-9-6-7-12-23-19;1-26-15-6-5-13(24-8-10-27-11-9-24)12-14(15)21-18-22-17(19)25(23-18)16-4-2-3-7-20-16;1-26-11-8-12(27-2)10(7-9(11)16(17,18)19)22-15-23-14(20)25(24-15)13-5-3-4-6-21-13;1-22-11-6-5-9(15)8-10(11)18-14-19-13(16)21(20-14)12-4-2-3-7-17-12/h6-7,9-12,15H,4-5,8,13-14H2,1-3H3,(H3,22,24,25,26);2-7,12H,8-11H2,1H3,(H3,19,21,22,23);3-8H,1-2H3,(H3,20,22,23,24);2-8H,15H2,1H3,(H3,16,18,19,20). The Kier molecular flexibility index (Phi) is 25.5. The van der Waals surface area contributed by atoms with E-state index < -0.39 is 11.7 Å². The molecule has 1 fully saturated rings. The van der Waals surface area contributed by atoms with Crippen molar-refractivity contribution in [2.45, 2.75) is 26.4 Å². The van der Waals surface area contributed by atoms with E-state index in [2.05, 4.69) is 105 Å². The van der Waals surface area contributed by atoms with Gasteiger partial charge >= 0.3 is 6.18 Å². The molecule has 106 heavy (non-hydrogen) atoms. The molecule has 8 aromatic heterocycles. The largest absolute Gasteiger partial charge is 0.496 e. The lowest BCUT2D eigenvalue weighted by Gasteiger charge is -2.29. The molecule has 0 saturated carbocycles. The number of pyridine rings is 4. The molecule has 0 atom stereocenters. The van der Waals surface area contributed by atoms with E-state index in [1.165, 1.54) is 25.8 Å². The predicted molar refractivity (Wildman–Crippen MR) is 396 cm³/mol. The molecule has 0 bridgehead atoms. The van der Waals surface area contributed by atoms with E-state index in [1.54, 1.807) is 88.6 Å². The summed E-state index contributed by atoms with van der Waals surface area (Å²) >= 11 is 0. The molecule has 1 aliphatic rings. The van der Waals surface area contributed by atoms with Crippen molar-refractivity contribution in [3.8, 4) is 57.8 Å². The third kappa shape index (κ3) is 19.6. The van der Waals surface area contributed by atoms with Gasteiger partial charge in [0.2, 0.25) is 47.6 Å². The van der Waals surface area contributed by atoms with Gasteiger partial charge in [0, 0.05) is 73.6 Å². The third-order valence-electron chi connectivity index (χ3n) is 15.5. The number of nitrogens with one attached hydrogen (secondary N) is 4. The van der Waals surface area contributed by atoms with Crippen LogP contribution in [-0.2, 0) is 10.9 Å². The number of hydrogen-bond donors (Lipinski definition) is 9. The number of halogens is 3. The van der Waals surface area contributed by atoms with Crippen LogP contribution in [0, 0.1) is 0 Å². The zero-order valence-corrected chi connectivity index (χ0v) is 58.9. The number of ether oxygens (including phenoxy) is 7. The number of nitrogens with zero attached hydrogens (tertiary/aromatic N) is 18. The number of methoxy groups -OCH3 is 5. The number of morpholine rings is 1. The van der Waals surface area contributed by atoms with Crippen LogP contribution in [0.5, 0.6) is 34.5 Å². The lowest BCUT2D eigenvalue weighted by Crippen LogP contribution is -2.36. The van der Waals surface area contributed by atoms with E-state index >= 15 is 0 Å². The first-order valence-electron chi connectivity index (χ1n) is 32.8. The summed E-state index contributed by atoms with van der Waals surface area (Å²) in [4.78, 5) is 38.1. The molecule has 14 N–H and O–H groups in total. The normalized spacial score (nSPS) is 11.7. The fraction of sp³-hybridized carbons (Fsp3) is 0.246. The highest BCUT2D eigenvalue weighted by atomic mass is 19.4. The second-order valence-electron chi connectivity index (χ2n) is 22.4. The molecule has 12 aromatic rings. The van der Waals surface area contributed by atoms with Crippen molar-refractivity contribution in [1.29, 1.82) is 0 Å². The number of anilines is 14. The Morgan fingerprint density at radius 2 is 0.868 bits per heavy atom. The molecule has 554 valence electrons. The van der Waals surface area contributed by atoms with Gasteiger partial charge in [-0.05, 0) is 123 Å². The molecule has 0 amide bonds. The molecule has 9 heterocycles. The summed E-state index contributed by atoms with van der Waals surface area (Å²) in [6.45, 7) is 11.2. The van der Waals surface area contributed by atoms with E-state index in [4.69, 9.17) is 61.8 Å². The Morgan fingerprint density at radius 3 is 1.28 bits per heavy atom. The lowest BCUT2D eigenvalue weighted by molar-refractivity contribution is -0.138. The van der Waals surface area contributed by atoms with Gasteiger partial charge in [-0.1, -0.05) is 38.1 Å². The van der Waals surface area contributed by atoms with Crippen molar-refractivity contribution in [1.82, 2.24) is 83.9 Å². The van der Waals surface area contributed by atoms with Crippen molar-refractivity contribution in [2.75, 3.05) is 143 Å². The van der Waals surface area contributed by atoms with Crippen molar-refractivity contribution in [3.63, 3.8) is 0 Å². The van der Waals surface area contributed by atoms with Crippen LogP contribution in [0.15, 0.2) is 164 Å². The fourth-order valence-electron chi connectivity index (χ4n) is 10.3. The van der Waals surface area contributed by atoms with Crippen LogP contribution in [0.3, 0.4) is 0 Å². The Labute approximate surface area is 606 Å². The maximum Gasteiger partial charge on any atom is 0.420 e. The van der Waals surface area contributed by atoms with Gasteiger partial charge in [0.05, 0.1) is 78.0 Å². The van der Waals surface area contributed by atoms with Crippen LogP contribution in [0.25, 0.3) is 23.3 Å². The van der Waals surface area contributed by atoms with Gasteiger partial charge in [-0.3, -0.25) is 0 Å². The van der Waals surface area contributed by atoms with E-state index in [1.807, 2.05) is 84.9 Å². The summed E-state index contributed by atoms with van der Waals surface area (Å²) in [5, 5.41) is 29.3. The number of hydrogen-bond acceptors (Lipinski definition) is 30. The maximum absolute atomic E-state index is 13.3. The molecule has 37 heteroatoms. The molecule has 0 spiro atoms. The molecule has 0 unspecified atom stereocenters. The number of rotatable bonds is 25. The van der Waals surface area contributed by atoms with Crippen molar-refractivity contribution in [2.24, 2.45) is 0 Å². The summed E-state index contributed by atoms with van der Waals surface area (Å²) in [6.07, 6.45) is 2.90. The van der Waals surface area contributed by atoms with Crippen LogP contribution in [0.2, 0.25) is 0 Å². The van der Waals surface area contributed by atoms with Crippen LogP contribution < -0.4 is 83.3 Å². The molecule has 4 aromatic carbocycles. The zero-order chi connectivity index (χ0) is 75.1. The quantitative estimate of drug-likeness (QED) is 0.0190. The molecular weight excluding hydrogens is 1380 g/mol. The number of alkyl halides is 3. The van der Waals surface area contributed by atoms with E-state index in [0.29, 0.717) is 82.1 Å². The first-order chi connectivity index (χ1) is 51.4. The minimum absolute atomic E-state index is 0.00351. The smallest absolute Gasteiger partial charge is 0.420 e. The summed E-state index contributed by atoms with van der Waals surface area (Å²) < 4.78 is 83.0. The topological polar surface area (TPSA) is 424 Å². The average Bonchev–Trinajstić information content (AvgIpc) is 1.05. The Morgan fingerprint density at radius 1 is 0.453 bits per heavy atom. The van der Waals surface area contributed by atoms with Gasteiger partial charge in [-0.25, -0.2) is 19.9 Å². The Bertz CT molecular complexity index is 4760. The first kappa shape index (κ1) is 75.2. The van der Waals surface area contributed by atoms with Crippen molar-refractivity contribution in [3.05, 3.63) is 170 Å². The van der Waals surface area contributed by atoms with E-state index in [-0.39, 0.29) is 46.9 Å². The monoisotopic (exact) mass is 1460 g/mol. The van der Waals surface area contributed by atoms with Gasteiger partial charge in [0.1, 0.15) is 23.0 Å². The SMILES string of the molecule is CCN(CC)CCCOc1ccc(Nc2nc(N)n(-c3ccccn3)n2)cc1OC.COc1cc(OC)c(C(F)(F)F)cc1Nc1nc(N)n(-c2ccccn2)n1.COc1ccc(N)cc1Nc1nc(N)n(-c2ccccn2)n1.COc1ccc(N2CCOCC2)cc1Nc1nc(N)n(-c2ccccn2)n1. The number of nitrogens with two attached hydrogens (primary N) is 5. The number of aromatic nitrogens is 16. The van der Waals surface area contributed by atoms with Gasteiger partial charge in [0.25, 0.3) is 0 Å². The summed E-state index contributed by atoms with van der Waals surface area (Å²) in [5.74, 6) is 6.39. The highest BCUT2D eigenvalue weighted by molar-refractivity contribution is 5.71. The van der Waals surface area contributed by atoms with Crippen LogP contribution in [-0.4, -0.2) is 172 Å². The summed E-state index contributed by atoms with van der Waals surface area (Å²) in [7, 11) is 7.29. The maximum atomic E-state index is 13.3. The number of benzene rings is 4.